The third kappa shape index (κ3) is 2.14. The highest BCUT2D eigenvalue weighted by Crippen LogP contribution is 2.59. The number of nitriles is 1. The van der Waals surface area contributed by atoms with Crippen LogP contribution in [0.2, 0.25) is 0 Å². The maximum absolute atomic E-state index is 13.1. The van der Waals surface area contributed by atoms with Gasteiger partial charge in [0.05, 0.1) is 18.7 Å². The van der Waals surface area contributed by atoms with E-state index in [-0.39, 0.29) is 11.8 Å². The zero-order valence-electron chi connectivity index (χ0n) is 14.4. The Hall–Kier alpha value is -3.24. The molecule has 1 saturated heterocycles. The molecular weight excluding hydrogens is 360 g/mol. The quantitative estimate of drug-likeness (QED) is 0.659. The summed E-state index contributed by atoms with van der Waals surface area (Å²) >= 11 is 1.36. The highest BCUT2D eigenvalue weighted by molar-refractivity contribution is 7.13. The molecule has 0 bridgehead atoms. The van der Waals surface area contributed by atoms with Gasteiger partial charge in [0.2, 0.25) is 5.13 Å². The summed E-state index contributed by atoms with van der Waals surface area (Å²) in [5.41, 5.74) is 4.61. The molecule has 7 heteroatoms. The van der Waals surface area contributed by atoms with E-state index in [0.29, 0.717) is 17.1 Å². The number of fused-ring (bicyclic) bond motifs is 1. The highest BCUT2D eigenvalue weighted by atomic mass is 32.1. The fourth-order valence-corrected chi connectivity index (χ4v) is 4.86. The van der Waals surface area contributed by atoms with Crippen LogP contribution in [0.15, 0.2) is 48.0 Å². The van der Waals surface area contributed by atoms with E-state index >= 15 is 0 Å². The van der Waals surface area contributed by atoms with Gasteiger partial charge in [0.15, 0.2) is 0 Å². The summed E-state index contributed by atoms with van der Waals surface area (Å²) in [6.45, 7) is 0. The highest BCUT2D eigenvalue weighted by Gasteiger charge is 2.71. The Bertz CT molecular complexity index is 1110. The topological polar surface area (TPSA) is 78.9 Å². The van der Waals surface area contributed by atoms with E-state index in [1.165, 1.54) is 11.3 Å². The number of carbonyl (C=O) groups is 1. The smallest absolute Gasteiger partial charge is 0.257 e. The third-order valence-corrected chi connectivity index (χ3v) is 6.09. The molecule has 2 heterocycles. The molecule has 1 amide bonds. The summed E-state index contributed by atoms with van der Waals surface area (Å²) in [5.74, 6) is 0.595. The second-order valence-electron chi connectivity index (χ2n) is 6.70. The number of amides is 1. The summed E-state index contributed by atoms with van der Waals surface area (Å²) < 4.78 is 5.39. The fraction of sp³-hybridized carbons (Fsp3) is 0.200. The molecule has 0 radical (unpaired) electrons. The maximum atomic E-state index is 13.1. The molecule has 1 aliphatic carbocycles. The molecule has 1 aromatic heterocycles. The Morgan fingerprint density at radius 2 is 2.22 bits per heavy atom. The minimum atomic E-state index is -0.706. The van der Waals surface area contributed by atoms with E-state index in [9.17, 15) is 10.1 Å². The number of carbonyl (C=O) groups excluding carboxylic acids is 1. The van der Waals surface area contributed by atoms with Crippen molar-refractivity contribution in [2.75, 3.05) is 12.0 Å². The maximum Gasteiger partial charge on any atom is 0.257 e. The predicted molar refractivity (Wildman–Crippen MR) is 99.8 cm³/mol. The molecule has 2 aromatic carbocycles. The van der Waals surface area contributed by atoms with E-state index in [4.69, 9.17) is 4.74 Å². The Kier molecular flexibility index (Phi) is 3.33. The molecule has 5 rings (SSSR count). The lowest BCUT2D eigenvalue weighted by molar-refractivity contribution is -0.111. The van der Waals surface area contributed by atoms with Gasteiger partial charge >= 0.3 is 0 Å². The number of aromatic nitrogens is 2. The van der Waals surface area contributed by atoms with Gasteiger partial charge in [0.25, 0.3) is 5.91 Å². The van der Waals surface area contributed by atoms with Crippen LogP contribution in [0.1, 0.15) is 28.2 Å². The molecule has 1 spiro atoms. The first-order valence-electron chi connectivity index (χ1n) is 8.47. The molecule has 0 saturated carbocycles. The second kappa shape index (κ2) is 5.63. The van der Waals surface area contributed by atoms with E-state index < -0.39 is 5.54 Å². The number of hydrogen-bond donors (Lipinski definition) is 0. The van der Waals surface area contributed by atoms with Crippen LogP contribution in [0, 0.1) is 11.3 Å². The van der Waals surface area contributed by atoms with Gasteiger partial charge < -0.3 is 4.74 Å². The number of rotatable bonds is 3. The van der Waals surface area contributed by atoms with Crippen LogP contribution >= 0.6 is 11.3 Å². The number of anilines is 1. The molecule has 3 aromatic rings. The van der Waals surface area contributed by atoms with E-state index in [1.807, 2.05) is 42.5 Å². The number of hydrogen-bond acceptors (Lipinski definition) is 6. The first-order chi connectivity index (χ1) is 13.2. The Balaban J connectivity index is 1.70. The van der Waals surface area contributed by atoms with Crippen LogP contribution in [-0.2, 0) is 11.2 Å². The van der Waals surface area contributed by atoms with Crippen molar-refractivity contribution < 1.29 is 9.53 Å². The summed E-state index contributed by atoms with van der Waals surface area (Å²) in [5, 5.41) is 17.9. The average Bonchev–Trinajstić information content (AvgIpc) is 3.08. The van der Waals surface area contributed by atoms with Crippen LogP contribution in [0.5, 0.6) is 5.75 Å². The number of nitrogens with zero attached hydrogens (tertiary/aromatic N) is 4. The van der Waals surface area contributed by atoms with Crippen LogP contribution < -0.4 is 9.64 Å². The standard InChI is InChI=1S/C20H14N4O2S/c1-26-15-4-2-3-13(8-15)17-16-7-12(10-21)5-6-14(16)9-20(17)18(25)24(20)19-23-22-11-27-19/h2-8,11,17H,9H2,1H3/t17-,20-,24?/m0/s1. The average molecular weight is 374 g/mol. The van der Waals surface area contributed by atoms with Crippen LogP contribution in [0.3, 0.4) is 0 Å². The zero-order valence-corrected chi connectivity index (χ0v) is 15.2. The monoisotopic (exact) mass is 374 g/mol. The Morgan fingerprint density at radius 3 is 2.96 bits per heavy atom. The molecule has 27 heavy (non-hydrogen) atoms. The van der Waals surface area contributed by atoms with Gasteiger partial charge in [-0.3, -0.25) is 9.69 Å². The van der Waals surface area contributed by atoms with Crippen LogP contribution in [-0.4, -0.2) is 28.8 Å². The summed E-state index contributed by atoms with van der Waals surface area (Å²) in [7, 11) is 1.63. The largest absolute Gasteiger partial charge is 0.497 e. The molecule has 2 atom stereocenters. The van der Waals surface area contributed by atoms with Crippen LogP contribution in [0.25, 0.3) is 0 Å². The lowest BCUT2D eigenvalue weighted by atomic mass is 9.84. The molecule has 0 unspecified atom stereocenters. The first-order valence-corrected chi connectivity index (χ1v) is 9.34. The molecule has 1 aliphatic heterocycles. The van der Waals surface area contributed by atoms with Crippen molar-refractivity contribution in [2.24, 2.45) is 0 Å². The van der Waals surface area contributed by atoms with Crippen molar-refractivity contribution >= 4 is 22.4 Å². The second-order valence-corrected chi connectivity index (χ2v) is 7.51. The predicted octanol–water partition coefficient (Wildman–Crippen LogP) is 2.89. The van der Waals surface area contributed by atoms with Gasteiger partial charge in [-0.15, -0.1) is 10.2 Å². The zero-order chi connectivity index (χ0) is 18.6. The molecule has 0 N–H and O–H groups in total. The number of ether oxygens (including phenoxy) is 1. The van der Waals surface area contributed by atoms with Crippen molar-refractivity contribution in [3.8, 4) is 11.8 Å². The minimum absolute atomic E-state index is 0.0433. The van der Waals surface area contributed by atoms with Gasteiger partial charge in [0.1, 0.15) is 16.8 Å². The lowest BCUT2D eigenvalue weighted by Crippen LogP contribution is -2.25. The molecule has 132 valence electrons. The lowest BCUT2D eigenvalue weighted by Gasteiger charge is -2.20. The minimum Gasteiger partial charge on any atom is -0.497 e. The van der Waals surface area contributed by atoms with Crippen molar-refractivity contribution in [3.63, 3.8) is 0 Å². The fourth-order valence-electron chi connectivity index (χ4n) is 4.22. The van der Waals surface area contributed by atoms with Gasteiger partial charge in [-0.05, 0) is 41.0 Å². The van der Waals surface area contributed by atoms with E-state index in [0.717, 1.165) is 22.4 Å². The van der Waals surface area contributed by atoms with Gasteiger partial charge in [0, 0.05) is 12.3 Å². The molecule has 6 nitrogen and oxygen atoms in total. The molecule has 2 aliphatic rings. The van der Waals surface area contributed by atoms with E-state index in [2.05, 4.69) is 16.3 Å². The summed E-state index contributed by atoms with van der Waals surface area (Å²) in [6, 6.07) is 15.7. The Labute approximate surface area is 159 Å². The SMILES string of the molecule is COc1cccc([C@H]2c3cc(C#N)ccc3C[C@@]23C(=O)N3c2nncs2)c1. The number of methoxy groups -OCH3 is 1. The van der Waals surface area contributed by atoms with Crippen molar-refractivity contribution in [3.05, 3.63) is 70.2 Å². The van der Waals surface area contributed by atoms with Gasteiger partial charge in [-0.1, -0.05) is 29.5 Å². The van der Waals surface area contributed by atoms with Crippen LogP contribution in [0.4, 0.5) is 5.13 Å². The van der Waals surface area contributed by atoms with Crippen molar-refractivity contribution in [2.45, 2.75) is 17.9 Å². The van der Waals surface area contributed by atoms with Crippen molar-refractivity contribution in [1.82, 2.24) is 10.2 Å². The summed E-state index contributed by atoms with van der Waals surface area (Å²) in [4.78, 5) is 14.8. The van der Waals surface area contributed by atoms with E-state index in [1.54, 1.807) is 17.5 Å². The molecule has 1 fully saturated rings. The normalized spacial score (nSPS) is 22.6. The summed E-state index contributed by atoms with van der Waals surface area (Å²) in [6.07, 6.45) is 0.592. The van der Waals surface area contributed by atoms with Gasteiger partial charge in [-0.2, -0.15) is 5.26 Å². The van der Waals surface area contributed by atoms with Gasteiger partial charge in [-0.25, -0.2) is 0 Å². The number of benzene rings is 2. The van der Waals surface area contributed by atoms with Crippen molar-refractivity contribution in [1.29, 1.82) is 5.26 Å². The first kappa shape index (κ1) is 16.0. The third-order valence-electron chi connectivity index (χ3n) is 5.41. The molecular formula is C20H14N4O2S. The Morgan fingerprint density at radius 1 is 1.33 bits per heavy atom.